The van der Waals surface area contributed by atoms with Crippen LogP contribution in [0.5, 0.6) is 0 Å². The summed E-state index contributed by atoms with van der Waals surface area (Å²) in [6.07, 6.45) is 4.04. The van der Waals surface area contributed by atoms with Gasteiger partial charge in [0, 0.05) is 27.9 Å². The lowest BCUT2D eigenvalue weighted by atomic mass is 9.91. The van der Waals surface area contributed by atoms with Crippen LogP contribution in [0.1, 0.15) is 80.6 Å². The van der Waals surface area contributed by atoms with Gasteiger partial charge in [0.25, 0.3) is 0 Å². The highest BCUT2D eigenvalue weighted by molar-refractivity contribution is 5.87. The molecular weight excluding hydrogens is 448 g/mol. The van der Waals surface area contributed by atoms with Crippen molar-refractivity contribution in [3.05, 3.63) is 48.3 Å². The lowest BCUT2D eigenvalue weighted by Crippen LogP contribution is -2.27. The topological polar surface area (TPSA) is 101 Å². The van der Waals surface area contributed by atoms with Gasteiger partial charge in [-0.05, 0) is 72.2 Å². The van der Waals surface area contributed by atoms with E-state index < -0.39 is 0 Å². The fraction of sp³-hybridized carbons (Fsp3) is 0.500. The molecule has 4 aromatic rings. The molecule has 0 fully saturated rings. The third kappa shape index (κ3) is 7.29. The molecule has 36 heavy (non-hydrogen) atoms. The highest BCUT2D eigenvalue weighted by atomic mass is 15.1. The van der Waals surface area contributed by atoms with Gasteiger partial charge in [-0.25, -0.2) is 29.9 Å². The molecule has 0 radical (unpaired) electrons. The van der Waals surface area contributed by atoms with Crippen LogP contribution in [0.4, 0.5) is 11.6 Å². The Balaban J connectivity index is 0.000000202. The number of hydrogen-bond acceptors (Lipinski definition) is 8. The van der Waals surface area contributed by atoms with Crippen molar-refractivity contribution in [1.29, 1.82) is 0 Å². The minimum Gasteiger partial charge on any atom is -0.365 e. The molecule has 0 bridgehead atoms. The van der Waals surface area contributed by atoms with Gasteiger partial charge in [-0.3, -0.25) is 0 Å². The smallest absolute Gasteiger partial charge is 0.164 e. The van der Waals surface area contributed by atoms with Crippen LogP contribution in [0.2, 0.25) is 0 Å². The monoisotopic (exact) mass is 488 g/mol. The number of aryl methyl sites for hydroxylation is 1. The van der Waals surface area contributed by atoms with E-state index >= 15 is 0 Å². The fourth-order valence-corrected chi connectivity index (χ4v) is 3.45. The molecular formula is C28H40N8. The summed E-state index contributed by atoms with van der Waals surface area (Å²) in [5.41, 5.74) is 3.56. The summed E-state index contributed by atoms with van der Waals surface area (Å²) < 4.78 is 0. The third-order valence-electron chi connectivity index (χ3n) is 5.17. The van der Waals surface area contributed by atoms with Gasteiger partial charge in [0.05, 0.1) is 10.8 Å². The summed E-state index contributed by atoms with van der Waals surface area (Å²) in [7, 11) is 0. The Morgan fingerprint density at radius 1 is 0.611 bits per heavy atom. The van der Waals surface area contributed by atoms with Gasteiger partial charge in [-0.2, -0.15) is 0 Å². The van der Waals surface area contributed by atoms with E-state index in [4.69, 9.17) is 0 Å². The van der Waals surface area contributed by atoms with E-state index in [0.717, 1.165) is 51.5 Å². The Morgan fingerprint density at radius 3 is 1.53 bits per heavy atom. The first-order chi connectivity index (χ1) is 16.7. The number of hydrogen-bond donors (Lipinski definition) is 2. The molecule has 0 spiro atoms. The zero-order valence-corrected chi connectivity index (χ0v) is 23.4. The van der Waals surface area contributed by atoms with Gasteiger partial charge in [-0.1, -0.05) is 27.7 Å². The van der Waals surface area contributed by atoms with Crippen LogP contribution in [0.25, 0.3) is 22.1 Å². The normalized spacial score (nSPS) is 12.3. The number of fused-ring (bicyclic) bond motifs is 2. The Kier molecular flexibility index (Phi) is 7.76. The maximum absolute atomic E-state index is 4.65. The molecule has 8 heteroatoms. The van der Waals surface area contributed by atoms with Crippen LogP contribution in [-0.4, -0.2) is 41.0 Å². The molecule has 192 valence electrons. The molecule has 0 aliphatic carbocycles. The second-order valence-electron chi connectivity index (χ2n) is 12.0. The van der Waals surface area contributed by atoms with E-state index in [-0.39, 0.29) is 16.5 Å². The maximum atomic E-state index is 4.65. The van der Waals surface area contributed by atoms with Gasteiger partial charge in [0.1, 0.15) is 24.3 Å². The highest BCUT2D eigenvalue weighted by Gasteiger charge is 2.18. The number of pyridine rings is 2. The van der Waals surface area contributed by atoms with Crippen LogP contribution in [0, 0.1) is 0 Å². The van der Waals surface area contributed by atoms with Crippen LogP contribution in [-0.2, 0) is 11.8 Å². The molecule has 0 aliphatic rings. The molecule has 4 aromatic heterocycles. The molecule has 0 unspecified atom stereocenters. The van der Waals surface area contributed by atoms with E-state index in [1.54, 1.807) is 12.7 Å². The molecule has 4 heterocycles. The Bertz CT molecular complexity index is 1330. The van der Waals surface area contributed by atoms with E-state index in [9.17, 15) is 0 Å². The quantitative estimate of drug-likeness (QED) is 0.345. The number of aromatic nitrogens is 6. The number of anilines is 2. The average molecular weight is 489 g/mol. The summed E-state index contributed by atoms with van der Waals surface area (Å²) in [6, 6.07) is 8.17. The zero-order valence-electron chi connectivity index (χ0n) is 23.4. The van der Waals surface area contributed by atoms with Crippen molar-refractivity contribution in [2.24, 2.45) is 0 Å². The van der Waals surface area contributed by atoms with Crippen molar-refractivity contribution >= 4 is 33.7 Å². The lowest BCUT2D eigenvalue weighted by Gasteiger charge is -2.22. The van der Waals surface area contributed by atoms with Gasteiger partial charge < -0.3 is 10.6 Å². The summed E-state index contributed by atoms with van der Waals surface area (Å²) in [5, 5.41) is 8.70. The maximum Gasteiger partial charge on any atom is 0.164 e. The fourth-order valence-electron chi connectivity index (χ4n) is 3.45. The average Bonchev–Trinajstić information content (AvgIpc) is 2.76. The summed E-state index contributed by atoms with van der Waals surface area (Å²) in [4.78, 5) is 26.2. The van der Waals surface area contributed by atoms with Gasteiger partial charge in [-0.15, -0.1) is 0 Å². The Hall–Kier alpha value is -3.42. The predicted molar refractivity (Wildman–Crippen MR) is 149 cm³/mol. The predicted octanol–water partition coefficient (Wildman–Crippen LogP) is 6.33. The summed E-state index contributed by atoms with van der Waals surface area (Å²) in [5.74, 6) is 1.68. The van der Waals surface area contributed by atoms with Gasteiger partial charge in [0.2, 0.25) is 0 Å². The molecule has 0 aliphatic heterocycles. The van der Waals surface area contributed by atoms with Crippen LogP contribution >= 0.6 is 0 Å². The molecule has 0 atom stereocenters. The molecule has 2 N–H and O–H groups in total. The minimum atomic E-state index is -0.0377. The number of nitrogens with one attached hydrogen (secondary N) is 2. The van der Waals surface area contributed by atoms with Crippen molar-refractivity contribution in [2.45, 2.75) is 92.2 Å². The Labute approximate surface area is 214 Å². The second-order valence-corrected chi connectivity index (χ2v) is 12.0. The molecule has 4 rings (SSSR count). The lowest BCUT2D eigenvalue weighted by molar-refractivity contribution is 0.571. The molecule has 8 nitrogen and oxygen atoms in total. The molecule has 0 aromatic carbocycles. The minimum absolute atomic E-state index is 0.0231. The largest absolute Gasteiger partial charge is 0.365 e. The first-order valence-electron chi connectivity index (χ1n) is 12.5. The molecule has 0 saturated carbocycles. The van der Waals surface area contributed by atoms with Crippen LogP contribution < -0.4 is 10.6 Å². The van der Waals surface area contributed by atoms with E-state index in [1.165, 1.54) is 0 Å². The Morgan fingerprint density at radius 2 is 1.08 bits per heavy atom. The highest BCUT2D eigenvalue weighted by Crippen LogP contribution is 2.26. The molecule has 0 saturated heterocycles. The zero-order chi connectivity index (χ0) is 26.7. The van der Waals surface area contributed by atoms with E-state index in [0.29, 0.717) is 0 Å². The molecule has 0 amide bonds. The summed E-state index contributed by atoms with van der Waals surface area (Å²) >= 11 is 0. The van der Waals surface area contributed by atoms with Crippen LogP contribution in [0.15, 0.2) is 36.9 Å². The van der Waals surface area contributed by atoms with Crippen LogP contribution in [0.3, 0.4) is 0 Å². The third-order valence-corrected chi connectivity index (χ3v) is 5.17. The number of rotatable bonds is 3. The van der Waals surface area contributed by atoms with Gasteiger partial charge >= 0.3 is 0 Å². The van der Waals surface area contributed by atoms with Crippen molar-refractivity contribution in [2.75, 3.05) is 10.6 Å². The van der Waals surface area contributed by atoms with E-state index in [2.05, 4.69) is 122 Å². The van der Waals surface area contributed by atoms with Crippen molar-refractivity contribution in [3.63, 3.8) is 0 Å². The standard InChI is InChI=1S/C15H22N4.C13H18N4/c1-14(2,3)11-8-7-10-12(18-11)16-9-17-13(10)19-15(4,5)6;1-5-9-6-7-10-11(16-9)14-8-15-12(10)17-13(2,3)4/h7-9H,1-6H3,(H,16,17,18,19);6-8H,5H2,1-4H3,(H,14,15,16,17). The first-order valence-corrected chi connectivity index (χ1v) is 12.5. The van der Waals surface area contributed by atoms with Crippen molar-refractivity contribution < 1.29 is 0 Å². The summed E-state index contributed by atoms with van der Waals surface area (Å²) in [6.45, 7) is 21.2. The SMILES string of the molecule is CC(C)(C)Nc1ncnc2nc(C(C)(C)C)ccc12.CCc1ccc2c(NC(C)(C)C)ncnc2n1. The first kappa shape index (κ1) is 27.2. The van der Waals surface area contributed by atoms with E-state index in [1.807, 2.05) is 12.1 Å². The van der Waals surface area contributed by atoms with Crippen molar-refractivity contribution in [3.8, 4) is 0 Å². The second kappa shape index (κ2) is 10.3. The van der Waals surface area contributed by atoms with Crippen molar-refractivity contribution in [1.82, 2.24) is 29.9 Å². The van der Waals surface area contributed by atoms with Gasteiger partial charge in [0.15, 0.2) is 11.3 Å². The number of nitrogens with zero attached hydrogens (tertiary/aromatic N) is 6.